The van der Waals surface area contributed by atoms with Crippen LogP contribution in [0.15, 0.2) is 29.3 Å². The molecule has 0 aliphatic heterocycles. The Morgan fingerprint density at radius 1 is 1.47 bits per heavy atom. The van der Waals surface area contributed by atoms with Crippen LogP contribution < -0.4 is 5.73 Å². The molecule has 82 valence electrons. The van der Waals surface area contributed by atoms with E-state index >= 15 is 0 Å². The van der Waals surface area contributed by atoms with Crippen LogP contribution in [0.1, 0.15) is 19.4 Å². The van der Waals surface area contributed by atoms with Crippen LogP contribution in [0.2, 0.25) is 0 Å². The molecule has 0 aromatic heterocycles. The molecule has 0 saturated heterocycles. The van der Waals surface area contributed by atoms with Gasteiger partial charge in [-0.25, -0.2) is 4.39 Å². The lowest BCUT2D eigenvalue weighted by molar-refractivity contribution is 0.625. The maximum absolute atomic E-state index is 12.8. The summed E-state index contributed by atoms with van der Waals surface area (Å²) in [7, 11) is 0. The minimum Gasteiger partial charge on any atom is -0.387 e. The Hall–Kier alpha value is -1.38. The summed E-state index contributed by atoms with van der Waals surface area (Å²) in [5.74, 6) is 0.734. The Labute approximate surface area is 90.0 Å². The van der Waals surface area contributed by atoms with Gasteiger partial charge in [0.25, 0.3) is 0 Å². The van der Waals surface area contributed by atoms with Gasteiger partial charge in [0.1, 0.15) is 5.82 Å². The van der Waals surface area contributed by atoms with E-state index in [1.807, 2.05) is 19.9 Å². The topological polar surface area (TPSA) is 38.4 Å². The highest BCUT2D eigenvalue weighted by molar-refractivity contribution is 5.82. The van der Waals surface area contributed by atoms with Crippen molar-refractivity contribution in [3.05, 3.63) is 35.6 Å². The average molecular weight is 208 g/mol. The van der Waals surface area contributed by atoms with E-state index < -0.39 is 0 Å². The fraction of sp³-hybridized carbons (Fsp3) is 0.417. The largest absolute Gasteiger partial charge is 0.387 e. The third-order valence-corrected chi connectivity index (χ3v) is 2.18. The molecule has 0 saturated carbocycles. The van der Waals surface area contributed by atoms with Crippen molar-refractivity contribution in [3.63, 3.8) is 0 Å². The lowest BCUT2D eigenvalue weighted by Crippen LogP contribution is -2.19. The van der Waals surface area contributed by atoms with Crippen molar-refractivity contribution in [1.82, 2.24) is 0 Å². The molecule has 0 amide bonds. The Morgan fingerprint density at radius 2 is 2.20 bits per heavy atom. The molecule has 0 spiro atoms. The molecule has 15 heavy (non-hydrogen) atoms. The van der Waals surface area contributed by atoms with Crippen LogP contribution in [0, 0.1) is 11.7 Å². The molecule has 2 N–H and O–H groups in total. The van der Waals surface area contributed by atoms with Crippen LogP contribution in [0.4, 0.5) is 4.39 Å². The van der Waals surface area contributed by atoms with Crippen molar-refractivity contribution < 1.29 is 4.39 Å². The molecule has 1 aromatic rings. The van der Waals surface area contributed by atoms with Gasteiger partial charge < -0.3 is 5.73 Å². The van der Waals surface area contributed by atoms with Crippen LogP contribution >= 0.6 is 0 Å². The molecule has 1 rings (SSSR count). The first-order valence-electron chi connectivity index (χ1n) is 5.14. The van der Waals surface area contributed by atoms with E-state index in [-0.39, 0.29) is 11.7 Å². The Kier molecular flexibility index (Phi) is 4.28. The minimum absolute atomic E-state index is 0.201. The molecule has 1 aromatic carbocycles. The fourth-order valence-electron chi connectivity index (χ4n) is 1.19. The van der Waals surface area contributed by atoms with E-state index in [0.29, 0.717) is 12.4 Å². The number of amidine groups is 1. The summed E-state index contributed by atoms with van der Waals surface area (Å²) >= 11 is 0. The second-order valence-corrected chi connectivity index (χ2v) is 3.84. The Balaban J connectivity index is 2.48. The quantitative estimate of drug-likeness (QED) is 0.598. The summed E-state index contributed by atoms with van der Waals surface area (Å²) in [6, 6.07) is 6.57. The zero-order chi connectivity index (χ0) is 11.3. The monoisotopic (exact) mass is 208 g/mol. The number of nitrogens with two attached hydrogens (primary N) is 1. The molecule has 0 unspecified atom stereocenters. The van der Waals surface area contributed by atoms with Gasteiger partial charge in [-0.1, -0.05) is 26.0 Å². The summed E-state index contributed by atoms with van der Waals surface area (Å²) in [5.41, 5.74) is 6.64. The van der Waals surface area contributed by atoms with Crippen molar-refractivity contribution in [1.29, 1.82) is 0 Å². The minimum atomic E-state index is -0.201. The van der Waals surface area contributed by atoms with E-state index in [0.717, 1.165) is 12.0 Å². The van der Waals surface area contributed by atoms with Gasteiger partial charge in [-0.15, -0.1) is 0 Å². The third kappa shape index (κ3) is 4.11. The average Bonchev–Trinajstić information content (AvgIpc) is 2.17. The van der Waals surface area contributed by atoms with Crippen molar-refractivity contribution in [2.75, 3.05) is 6.54 Å². The zero-order valence-electron chi connectivity index (χ0n) is 9.20. The number of benzene rings is 1. The molecule has 3 heteroatoms. The maximum atomic E-state index is 12.8. The first kappa shape index (κ1) is 11.7. The molecule has 0 aliphatic rings. The number of hydrogen-bond donors (Lipinski definition) is 1. The van der Waals surface area contributed by atoms with E-state index in [4.69, 9.17) is 5.73 Å². The SMILES string of the molecule is CC(C)C(N)=NCCc1cccc(F)c1. The first-order valence-corrected chi connectivity index (χ1v) is 5.14. The predicted octanol–water partition coefficient (Wildman–Crippen LogP) is 2.38. The number of hydrogen-bond acceptors (Lipinski definition) is 1. The fourth-order valence-corrected chi connectivity index (χ4v) is 1.19. The van der Waals surface area contributed by atoms with Gasteiger partial charge in [-0.2, -0.15) is 0 Å². The van der Waals surface area contributed by atoms with Crippen molar-refractivity contribution in [2.45, 2.75) is 20.3 Å². The normalized spacial score (nSPS) is 12.1. The smallest absolute Gasteiger partial charge is 0.123 e. The van der Waals surface area contributed by atoms with E-state index in [9.17, 15) is 4.39 Å². The predicted molar refractivity (Wildman–Crippen MR) is 61.4 cm³/mol. The van der Waals surface area contributed by atoms with Crippen LogP contribution in [0.5, 0.6) is 0 Å². The molecule has 0 atom stereocenters. The summed E-state index contributed by atoms with van der Waals surface area (Å²) in [4.78, 5) is 4.22. The number of aliphatic imine (C=N–C) groups is 1. The molecule has 0 fully saturated rings. The van der Waals surface area contributed by atoms with Crippen molar-refractivity contribution >= 4 is 5.84 Å². The summed E-state index contributed by atoms with van der Waals surface area (Å²) in [5, 5.41) is 0. The molecule has 0 radical (unpaired) electrons. The van der Waals surface area contributed by atoms with Crippen LogP contribution in [-0.4, -0.2) is 12.4 Å². The van der Waals surface area contributed by atoms with E-state index in [1.165, 1.54) is 12.1 Å². The second-order valence-electron chi connectivity index (χ2n) is 3.84. The van der Waals surface area contributed by atoms with Crippen LogP contribution in [-0.2, 0) is 6.42 Å². The van der Waals surface area contributed by atoms with Crippen molar-refractivity contribution in [3.8, 4) is 0 Å². The van der Waals surface area contributed by atoms with Crippen LogP contribution in [0.25, 0.3) is 0 Å². The summed E-state index contributed by atoms with van der Waals surface area (Å²) in [6.45, 7) is 4.62. The lowest BCUT2D eigenvalue weighted by atomic mass is 10.1. The van der Waals surface area contributed by atoms with Gasteiger partial charge in [0, 0.05) is 12.5 Å². The molecule has 0 bridgehead atoms. The van der Waals surface area contributed by atoms with Gasteiger partial charge in [-0.3, -0.25) is 4.99 Å². The highest BCUT2D eigenvalue weighted by atomic mass is 19.1. The van der Waals surface area contributed by atoms with Crippen LogP contribution in [0.3, 0.4) is 0 Å². The first-order chi connectivity index (χ1) is 7.09. The van der Waals surface area contributed by atoms with Gasteiger partial charge in [0.2, 0.25) is 0 Å². The molecule has 2 nitrogen and oxygen atoms in total. The van der Waals surface area contributed by atoms with Gasteiger partial charge >= 0.3 is 0 Å². The van der Waals surface area contributed by atoms with Gasteiger partial charge in [0.15, 0.2) is 0 Å². The van der Waals surface area contributed by atoms with E-state index in [2.05, 4.69) is 4.99 Å². The molecule has 0 aliphatic carbocycles. The Morgan fingerprint density at radius 3 is 2.80 bits per heavy atom. The maximum Gasteiger partial charge on any atom is 0.123 e. The lowest BCUT2D eigenvalue weighted by Gasteiger charge is -2.04. The second kappa shape index (κ2) is 5.49. The molecule has 0 heterocycles. The number of halogens is 1. The summed E-state index contributed by atoms with van der Waals surface area (Å²) < 4.78 is 12.8. The third-order valence-electron chi connectivity index (χ3n) is 2.18. The highest BCUT2D eigenvalue weighted by Crippen LogP contribution is 2.04. The van der Waals surface area contributed by atoms with Gasteiger partial charge in [-0.05, 0) is 24.1 Å². The van der Waals surface area contributed by atoms with Gasteiger partial charge in [0.05, 0.1) is 5.84 Å². The van der Waals surface area contributed by atoms with E-state index in [1.54, 1.807) is 6.07 Å². The number of rotatable bonds is 4. The van der Waals surface area contributed by atoms with Crippen molar-refractivity contribution in [2.24, 2.45) is 16.6 Å². The standard InChI is InChI=1S/C12H17FN2/c1-9(2)12(14)15-7-6-10-4-3-5-11(13)8-10/h3-5,8-9H,6-7H2,1-2H3,(H2,14,15). The molecular weight excluding hydrogens is 191 g/mol. The zero-order valence-corrected chi connectivity index (χ0v) is 9.20. The molecular formula is C12H17FN2. The Bertz CT molecular complexity index is 345. The highest BCUT2D eigenvalue weighted by Gasteiger charge is 1.98. The number of nitrogens with zero attached hydrogens (tertiary/aromatic N) is 1. The summed E-state index contributed by atoms with van der Waals surface area (Å²) in [6.07, 6.45) is 0.727.